The van der Waals surface area contributed by atoms with Crippen LogP contribution in [-0.4, -0.2) is 13.6 Å². The monoisotopic (exact) mass is 167 g/mol. The smallest absolute Gasteiger partial charge is 0.298 e. The van der Waals surface area contributed by atoms with Gasteiger partial charge in [0.05, 0.1) is 12.8 Å². The van der Waals surface area contributed by atoms with Crippen LogP contribution in [0, 0.1) is 0 Å². The summed E-state index contributed by atoms with van der Waals surface area (Å²) in [4.78, 5) is 9.96. The maximum atomic E-state index is 9.96. The lowest BCUT2D eigenvalue weighted by Gasteiger charge is -2.04. The van der Waals surface area contributed by atoms with Crippen molar-refractivity contribution in [1.82, 2.24) is 0 Å². The highest BCUT2D eigenvalue weighted by Gasteiger charge is 2.00. The lowest BCUT2D eigenvalue weighted by Crippen LogP contribution is -1.94. The number of rotatable bonds is 3. The first-order valence-electron chi connectivity index (χ1n) is 3.31. The van der Waals surface area contributed by atoms with Gasteiger partial charge >= 0.3 is 0 Å². The van der Waals surface area contributed by atoms with Crippen molar-refractivity contribution in [3.8, 4) is 11.5 Å². The Bertz CT molecular complexity index is 286. The van der Waals surface area contributed by atoms with Gasteiger partial charge in [0.25, 0.3) is 6.47 Å². The molecule has 4 heteroatoms. The molecule has 0 fully saturated rings. The third-order valence-corrected chi connectivity index (χ3v) is 1.39. The Kier molecular flexibility index (Phi) is 2.53. The molecule has 64 valence electrons. The fourth-order valence-corrected chi connectivity index (χ4v) is 0.820. The second kappa shape index (κ2) is 3.61. The molecule has 0 saturated carbocycles. The van der Waals surface area contributed by atoms with E-state index < -0.39 is 0 Å². The zero-order valence-corrected chi connectivity index (χ0v) is 6.61. The molecule has 0 spiro atoms. The molecule has 12 heavy (non-hydrogen) atoms. The molecule has 0 amide bonds. The maximum absolute atomic E-state index is 9.96. The predicted octanol–water partition coefficient (Wildman–Crippen LogP) is 0.813. The zero-order valence-electron chi connectivity index (χ0n) is 6.61. The molecular formula is C8H9NO3. The van der Waals surface area contributed by atoms with Gasteiger partial charge in [0.15, 0.2) is 0 Å². The molecule has 0 aliphatic carbocycles. The predicted molar refractivity (Wildman–Crippen MR) is 44.1 cm³/mol. The van der Waals surface area contributed by atoms with Crippen LogP contribution in [0.4, 0.5) is 5.69 Å². The van der Waals surface area contributed by atoms with E-state index >= 15 is 0 Å². The van der Waals surface area contributed by atoms with Gasteiger partial charge in [-0.15, -0.1) is 0 Å². The molecule has 2 N–H and O–H groups in total. The van der Waals surface area contributed by atoms with Gasteiger partial charge in [-0.05, 0) is 12.1 Å². The van der Waals surface area contributed by atoms with Crippen molar-refractivity contribution < 1.29 is 14.3 Å². The van der Waals surface area contributed by atoms with Gasteiger partial charge in [0.1, 0.15) is 11.5 Å². The molecular weight excluding hydrogens is 158 g/mol. The molecule has 0 saturated heterocycles. The van der Waals surface area contributed by atoms with Crippen LogP contribution in [0.15, 0.2) is 18.2 Å². The average molecular weight is 167 g/mol. The van der Waals surface area contributed by atoms with Crippen LogP contribution in [-0.2, 0) is 4.79 Å². The fourth-order valence-electron chi connectivity index (χ4n) is 0.820. The van der Waals surface area contributed by atoms with Crippen molar-refractivity contribution >= 4 is 12.2 Å². The molecule has 0 radical (unpaired) electrons. The van der Waals surface area contributed by atoms with Crippen LogP contribution in [0.25, 0.3) is 0 Å². The Morgan fingerprint density at radius 2 is 2.25 bits per heavy atom. The van der Waals surface area contributed by atoms with E-state index in [1.54, 1.807) is 18.2 Å². The van der Waals surface area contributed by atoms with E-state index in [9.17, 15) is 4.79 Å². The highest BCUT2D eigenvalue weighted by Crippen LogP contribution is 2.25. The van der Waals surface area contributed by atoms with Crippen molar-refractivity contribution in [2.45, 2.75) is 0 Å². The minimum absolute atomic E-state index is 0.352. The van der Waals surface area contributed by atoms with Crippen molar-refractivity contribution in [1.29, 1.82) is 0 Å². The molecule has 1 aromatic carbocycles. The molecule has 0 atom stereocenters. The summed E-state index contributed by atoms with van der Waals surface area (Å²) in [7, 11) is 1.50. The Morgan fingerprint density at radius 1 is 1.50 bits per heavy atom. The van der Waals surface area contributed by atoms with Crippen LogP contribution >= 0.6 is 0 Å². The minimum atomic E-state index is 0.352. The van der Waals surface area contributed by atoms with Crippen molar-refractivity contribution in [3.05, 3.63) is 18.2 Å². The van der Waals surface area contributed by atoms with Gasteiger partial charge in [-0.3, -0.25) is 4.79 Å². The van der Waals surface area contributed by atoms with E-state index in [1.165, 1.54) is 7.11 Å². The summed E-state index contributed by atoms with van der Waals surface area (Å²) in [5.41, 5.74) is 6.04. The normalized spacial score (nSPS) is 9.08. The Morgan fingerprint density at radius 3 is 2.83 bits per heavy atom. The average Bonchev–Trinajstić information content (AvgIpc) is 2.09. The molecule has 0 aromatic heterocycles. The number of carbonyl (C=O) groups is 1. The molecule has 0 unspecified atom stereocenters. The number of methoxy groups -OCH3 is 1. The highest BCUT2D eigenvalue weighted by atomic mass is 16.5. The maximum Gasteiger partial charge on any atom is 0.298 e. The van der Waals surface area contributed by atoms with E-state index in [0.29, 0.717) is 23.7 Å². The summed E-state index contributed by atoms with van der Waals surface area (Å²) in [5, 5.41) is 0. The first-order valence-corrected chi connectivity index (χ1v) is 3.31. The standard InChI is InChI=1S/C8H9NO3/c1-11-8-4-6(12-5-10)2-3-7(8)9/h2-5H,9H2,1H3. The van der Waals surface area contributed by atoms with Gasteiger partial charge in [-0.1, -0.05) is 0 Å². The SMILES string of the molecule is COc1cc(OC=O)ccc1N. The van der Waals surface area contributed by atoms with E-state index in [1.807, 2.05) is 0 Å². The number of nitrogens with two attached hydrogens (primary N) is 1. The second-order valence-electron chi connectivity index (χ2n) is 2.12. The molecule has 0 bridgehead atoms. The summed E-state index contributed by atoms with van der Waals surface area (Å²) >= 11 is 0. The van der Waals surface area contributed by atoms with Crippen molar-refractivity contribution in [3.63, 3.8) is 0 Å². The zero-order chi connectivity index (χ0) is 8.97. The quantitative estimate of drug-likeness (QED) is 0.534. The van der Waals surface area contributed by atoms with Crippen LogP contribution in [0.2, 0.25) is 0 Å². The van der Waals surface area contributed by atoms with Gasteiger partial charge in [0.2, 0.25) is 0 Å². The molecule has 0 heterocycles. The number of hydrogen-bond donors (Lipinski definition) is 1. The molecule has 1 aromatic rings. The van der Waals surface area contributed by atoms with E-state index in [-0.39, 0.29) is 0 Å². The summed E-state index contributed by atoms with van der Waals surface area (Å²) in [6, 6.07) is 4.74. The highest BCUT2D eigenvalue weighted by molar-refractivity contribution is 5.57. The van der Waals surface area contributed by atoms with Crippen molar-refractivity contribution in [2.24, 2.45) is 0 Å². The minimum Gasteiger partial charge on any atom is -0.494 e. The lowest BCUT2D eigenvalue weighted by molar-refractivity contribution is -0.120. The molecule has 0 aliphatic rings. The van der Waals surface area contributed by atoms with Crippen LogP contribution < -0.4 is 15.2 Å². The fraction of sp³-hybridized carbons (Fsp3) is 0.125. The number of ether oxygens (including phenoxy) is 2. The Hall–Kier alpha value is -1.71. The van der Waals surface area contributed by atoms with E-state index in [0.717, 1.165) is 0 Å². The third-order valence-electron chi connectivity index (χ3n) is 1.39. The van der Waals surface area contributed by atoms with Gasteiger partial charge < -0.3 is 15.2 Å². The third kappa shape index (κ3) is 1.66. The van der Waals surface area contributed by atoms with Crippen LogP contribution in [0.1, 0.15) is 0 Å². The first-order chi connectivity index (χ1) is 5.77. The summed E-state index contributed by atoms with van der Waals surface area (Å²) in [6.45, 7) is 0.352. The molecule has 1 rings (SSSR count). The number of benzene rings is 1. The van der Waals surface area contributed by atoms with Crippen LogP contribution in [0.5, 0.6) is 11.5 Å². The van der Waals surface area contributed by atoms with Crippen molar-refractivity contribution in [2.75, 3.05) is 12.8 Å². The second-order valence-corrected chi connectivity index (χ2v) is 2.12. The number of anilines is 1. The largest absolute Gasteiger partial charge is 0.494 e. The lowest BCUT2D eigenvalue weighted by atomic mass is 10.3. The van der Waals surface area contributed by atoms with E-state index in [2.05, 4.69) is 4.74 Å². The number of nitrogen functional groups attached to an aromatic ring is 1. The summed E-state index contributed by atoms with van der Waals surface area (Å²) in [6.07, 6.45) is 0. The van der Waals surface area contributed by atoms with Gasteiger partial charge in [0, 0.05) is 6.07 Å². The molecule has 0 aliphatic heterocycles. The van der Waals surface area contributed by atoms with E-state index in [4.69, 9.17) is 10.5 Å². The number of carbonyl (C=O) groups excluding carboxylic acids is 1. The first kappa shape index (κ1) is 8.39. The number of hydrogen-bond acceptors (Lipinski definition) is 4. The van der Waals surface area contributed by atoms with Gasteiger partial charge in [-0.2, -0.15) is 0 Å². The summed E-state index contributed by atoms with van der Waals surface area (Å²) < 4.78 is 9.50. The summed E-state index contributed by atoms with van der Waals surface area (Å²) in [5.74, 6) is 0.908. The topological polar surface area (TPSA) is 61.5 Å². The van der Waals surface area contributed by atoms with Gasteiger partial charge in [-0.25, -0.2) is 0 Å². The Balaban J connectivity index is 2.96. The van der Waals surface area contributed by atoms with Crippen LogP contribution in [0.3, 0.4) is 0 Å². The Labute approximate surface area is 69.9 Å². The molecule has 4 nitrogen and oxygen atoms in total.